The molecule has 2 aromatic rings. The lowest BCUT2D eigenvalue weighted by Crippen LogP contribution is -2.60. The third-order valence-corrected chi connectivity index (χ3v) is 11.5. The molecule has 3 N–H and O–H groups in total. The number of aromatic nitrogens is 1. The molecule has 5 atom stereocenters. The minimum Gasteiger partial charge on any atom is -0.472 e. The number of nitrogens with zero attached hydrogens (tertiary/aromatic N) is 3. The number of fused-ring (bicyclic) bond motifs is 3. The topological polar surface area (TPSA) is 203 Å². The van der Waals surface area contributed by atoms with Gasteiger partial charge in [-0.15, -0.1) is 0 Å². The zero-order valence-corrected chi connectivity index (χ0v) is 31.0. The monoisotopic (exact) mass is 754 g/mol. The highest BCUT2D eigenvalue weighted by Crippen LogP contribution is 2.46. The van der Waals surface area contributed by atoms with E-state index in [2.05, 4.69) is 20.3 Å². The number of hydrogen-bond donors (Lipinski definition) is 3. The van der Waals surface area contributed by atoms with Crippen LogP contribution in [0.25, 0.3) is 10.8 Å². The first-order chi connectivity index (χ1) is 25.1. The average Bonchev–Trinajstić information content (AvgIpc) is 4.02. The molecular weight excluding hydrogens is 708 g/mol. The predicted octanol–water partition coefficient (Wildman–Crippen LogP) is 2.38. The third kappa shape index (κ3) is 8.66. The van der Waals surface area contributed by atoms with Gasteiger partial charge in [0, 0.05) is 30.5 Å². The van der Waals surface area contributed by atoms with Gasteiger partial charge in [-0.05, 0) is 70.4 Å². The van der Waals surface area contributed by atoms with Crippen LogP contribution >= 0.6 is 0 Å². The summed E-state index contributed by atoms with van der Waals surface area (Å²) in [5.74, 6) is -2.50. The van der Waals surface area contributed by atoms with Crippen LogP contribution in [0.15, 0.2) is 48.7 Å². The van der Waals surface area contributed by atoms with Gasteiger partial charge in [-0.25, -0.2) is 23.0 Å². The predicted molar refractivity (Wildman–Crippen MR) is 191 cm³/mol. The van der Waals surface area contributed by atoms with Gasteiger partial charge in [0.05, 0.1) is 25.4 Å². The van der Waals surface area contributed by atoms with Crippen LogP contribution in [0.3, 0.4) is 0 Å². The maximum atomic E-state index is 14.6. The molecule has 5 amide bonds. The van der Waals surface area contributed by atoms with E-state index in [-0.39, 0.29) is 38.4 Å². The van der Waals surface area contributed by atoms with Crippen molar-refractivity contribution in [2.75, 3.05) is 26.7 Å². The summed E-state index contributed by atoms with van der Waals surface area (Å²) in [6.07, 6.45) is 4.62. The van der Waals surface area contributed by atoms with E-state index < -0.39 is 80.4 Å². The van der Waals surface area contributed by atoms with E-state index in [4.69, 9.17) is 14.2 Å². The zero-order valence-electron chi connectivity index (χ0n) is 30.2. The van der Waals surface area contributed by atoms with Gasteiger partial charge in [0.1, 0.15) is 29.3 Å². The summed E-state index contributed by atoms with van der Waals surface area (Å²) in [7, 11) is -2.73. The van der Waals surface area contributed by atoms with Crippen LogP contribution < -0.4 is 20.1 Å². The molecule has 2 aliphatic heterocycles. The largest absolute Gasteiger partial charge is 0.472 e. The standard InChI is InChI=1S/C36H46N6O10S/c1-35(2,3)52-33(46)38-27-21-41(34(47)50-4)17-9-5-6-11-23-19-36(23,32(45)40-53(48,49)25-13-14-25)39-29(43)28-18-24(20-42(28)31(27)44)51-30-26-12-8-7-10-22(26)15-16-37-30/h6-8,10-12,15-16,23-25,27-28H,5,9,13-14,17-21H2,1-4H3,(H,38,46)(H,39,43)(H,40,45)/b11-6-/t23-,24-,27+,28+,36-/m1/s1. The fourth-order valence-corrected chi connectivity index (χ4v) is 8.15. The van der Waals surface area contributed by atoms with Crippen LogP contribution in [-0.2, 0) is 33.9 Å². The first-order valence-electron chi connectivity index (χ1n) is 17.8. The van der Waals surface area contributed by atoms with Gasteiger partial charge in [0.25, 0.3) is 5.91 Å². The van der Waals surface area contributed by atoms with Crippen molar-refractivity contribution < 1.29 is 46.6 Å². The van der Waals surface area contributed by atoms with E-state index in [1.807, 2.05) is 30.3 Å². The normalized spacial score (nSPS) is 27.2. The molecule has 17 heteroatoms. The molecule has 0 unspecified atom stereocenters. The Labute approximate surface area is 308 Å². The Morgan fingerprint density at radius 3 is 2.55 bits per heavy atom. The molecule has 4 aliphatic rings. The molecule has 6 rings (SSSR count). The number of benzene rings is 1. The van der Waals surface area contributed by atoms with Crippen LogP contribution in [0.2, 0.25) is 0 Å². The summed E-state index contributed by atoms with van der Waals surface area (Å²) in [6.45, 7) is 4.71. The van der Waals surface area contributed by atoms with Crippen LogP contribution in [0, 0.1) is 5.92 Å². The van der Waals surface area contributed by atoms with Crippen molar-refractivity contribution in [1.82, 2.24) is 30.1 Å². The smallest absolute Gasteiger partial charge is 0.409 e. The molecule has 3 heterocycles. The lowest BCUT2D eigenvalue weighted by atomic mass is 10.1. The summed E-state index contributed by atoms with van der Waals surface area (Å²) in [5.41, 5.74) is -2.49. The highest BCUT2D eigenvalue weighted by molar-refractivity contribution is 7.91. The van der Waals surface area contributed by atoms with Gasteiger partial charge < -0.3 is 34.6 Å². The van der Waals surface area contributed by atoms with E-state index in [0.717, 1.165) is 5.39 Å². The second-order valence-electron chi connectivity index (χ2n) is 15.0. The first-order valence-corrected chi connectivity index (χ1v) is 19.3. The molecule has 1 saturated heterocycles. The number of nitrogens with one attached hydrogen (secondary N) is 3. The van der Waals surface area contributed by atoms with Gasteiger partial charge in [0.2, 0.25) is 27.7 Å². The van der Waals surface area contributed by atoms with Gasteiger partial charge >= 0.3 is 12.2 Å². The van der Waals surface area contributed by atoms with Crippen LogP contribution in [0.1, 0.15) is 59.3 Å². The molecule has 2 aliphatic carbocycles. The minimum atomic E-state index is -3.93. The molecule has 53 heavy (non-hydrogen) atoms. The maximum absolute atomic E-state index is 14.6. The van der Waals surface area contributed by atoms with E-state index in [0.29, 0.717) is 31.1 Å². The van der Waals surface area contributed by atoms with E-state index in [1.54, 1.807) is 39.1 Å². The van der Waals surface area contributed by atoms with Crippen LogP contribution in [0.4, 0.5) is 9.59 Å². The molecule has 0 bridgehead atoms. The molecule has 0 spiro atoms. The molecule has 286 valence electrons. The Hall–Kier alpha value is -4.93. The number of allylic oxidation sites excluding steroid dienone is 1. The third-order valence-electron chi connectivity index (χ3n) is 9.72. The van der Waals surface area contributed by atoms with Crippen LogP contribution in [-0.4, -0.2) is 114 Å². The highest BCUT2D eigenvalue weighted by Gasteiger charge is 2.62. The SMILES string of the molecule is COC(=O)N1CCC/C=C\[C@@H]2C[C@@]2(C(=O)NS(=O)(=O)C2CC2)NC(=O)[C@@H]2C[C@@H](Oc3nccc4ccccc34)CN2C(=O)[C@@H](NC(=O)OC(C)(C)C)C1. The average molecular weight is 755 g/mol. The van der Waals surface area contributed by atoms with Crippen LogP contribution in [0.5, 0.6) is 5.88 Å². The molecule has 16 nitrogen and oxygen atoms in total. The Kier molecular flexibility index (Phi) is 10.6. The molecular formula is C36H46N6O10S. The number of ether oxygens (including phenoxy) is 3. The van der Waals surface area contributed by atoms with E-state index in [9.17, 15) is 32.4 Å². The number of pyridine rings is 1. The maximum Gasteiger partial charge on any atom is 0.409 e. The fraction of sp³-hybridized carbons (Fsp3) is 0.556. The number of hydrogen-bond acceptors (Lipinski definition) is 11. The Balaban J connectivity index is 1.35. The zero-order chi connectivity index (χ0) is 38.1. The summed E-state index contributed by atoms with van der Waals surface area (Å²) >= 11 is 0. The number of alkyl carbamates (subject to hydrolysis) is 1. The Morgan fingerprint density at radius 1 is 1.08 bits per heavy atom. The number of carbonyl (C=O) groups is 5. The number of sulfonamides is 1. The lowest BCUT2D eigenvalue weighted by molar-refractivity contribution is -0.141. The van der Waals surface area contributed by atoms with Crippen molar-refractivity contribution in [3.05, 3.63) is 48.7 Å². The van der Waals surface area contributed by atoms with Crippen molar-refractivity contribution in [3.63, 3.8) is 0 Å². The quantitative estimate of drug-likeness (QED) is 0.366. The highest BCUT2D eigenvalue weighted by atomic mass is 32.2. The Morgan fingerprint density at radius 2 is 1.83 bits per heavy atom. The molecule has 1 aromatic heterocycles. The summed E-state index contributed by atoms with van der Waals surface area (Å²) < 4.78 is 44.6. The summed E-state index contributed by atoms with van der Waals surface area (Å²) in [5, 5.41) is 6.34. The van der Waals surface area contributed by atoms with Crippen molar-refractivity contribution in [3.8, 4) is 5.88 Å². The van der Waals surface area contributed by atoms with Gasteiger partial charge in [-0.3, -0.25) is 19.1 Å². The minimum absolute atomic E-state index is 0.0269. The fourth-order valence-electron chi connectivity index (χ4n) is 6.79. The summed E-state index contributed by atoms with van der Waals surface area (Å²) in [4.78, 5) is 75.7. The molecule has 1 aromatic carbocycles. The first kappa shape index (κ1) is 37.8. The molecule has 0 radical (unpaired) electrons. The van der Waals surface area contributed by atoms with Gasteiger partial charge in [-0.1, -0.05) is 30.4 Å². The number of methoxy groups -OCH3 is 1. The lowest BCUT2D eigenvalue weighted by Gasteiger charge is -2.32. The molecule has 2 saturated carbocycles. The second-order valence-corrected chi connectivity index (χ2v) is 16.9. The summed E-state index contributed by atoms with van der Waals surface area (Å²) in [6, 6.07) is 6.66. The number of amides is 5. The van der Waals surface area contributed by atoms with Crippen molar-refractivity contribution in [2.24, 2.45) is 5.92 Å². The van der Waals surface area contributed by atoms with E-state index in [1.165, 1.54) is 16.9 Å². The van der Waals surface area contributed by atoms with Gasteiger partial charge in [-0.2, -0.15) is 0 Å². The van der Waals surface area contributed by atoms with Crippen molar-refractivity contribution in [2.45, 2.75) is 93.9 Å². The Bertz CT molecular complexity index is 1910. The van der Waals surface area contributed by atoms with E-state index >= 15 is 0 Å². The molecule has 3 fully saturated rings. The van der Waals surface area contributed by atoms with Crippen molar-refractivity contribution in [1.29, 1.82) is 0 Å². The number of rotatable bonds is 6. The van der Waals surface area contributed by atoms with Gasteiger partial charge in [0.15, 0.2) is 0 Å². The van der Waals surface area contributed by atoms with Crippen molar-refractivity contribution >= 4 is 50.7 Å². The number of carbonyl (C=O) groups excluding carboxylic acids is 5. The second kappa shape index (κ2) is 14.8.